The SMILES string of the molecule is C=CCS(=O)(=O)C(C(N)=O)C1(c2cc(N3CCOCC3)nc(Cl)n2)CC1. The van der Waals surface area contributed by atoms with E-state index < -0.39 is 26.4 Å². The monoisotopic (exact) mass is 400 g/mol. The Bertz CT molecular complexity index is 820. The van der Waals surface area contributed by atoms with E-state index in [1.165, 1.54) is 6.08 Å². The van der Waals surface area contributed by atoms with Crippen LogP contribution in [0.2, 0.25) is 5.28 Å². The Kier molecular flexibility index (Phi) is 5.23. The summed E-state index contributed by atoms with van der Waals surface area (Å²) < 4.78 is 30.6. The van der Waals surface area contributed by atoms with Crippen LogP contribution in [0.15, 0.2) is 18.7 Å². The predicted molar refractivity (Wildman–Crippen MR) is 98.0 cm³/mol. The van der Waals surface area contributed by atoms with Crippen LogP contribution in [0.3, 0.4) is 0 Å². The molecule has 2 N–H and O–H groups in total. The molecule has 0 spiro atoms. The van der Waals surface area contributed by atoms with E-state index in [2.05, 4.69) is 16.5 Å². The molecule has 1 aromatic rings. The summed E-state index contributed by atoms with van der Waals surface area (Å²) in [5.74, 6) is -0.608. The van der Waals surface area contributed by atoms with Gasteiger partial charge in [-0.15, -0.1) is 6.58 Å². The molecule has 1 aliphatic heterocycles. The number of hydrogen-bond acceptors (Lipinski definition) is 7. The van der Waals surface area contributed by atoms with E-state index in [1.54, 1.807) is 6.07 Å². The van der Waals surface area contributed by atoms with Crippen molar-refractivity contribution in [2.45, 2.75) is 23.5 Å². The number of anilines is 1. The molecular weight excluding hydrogens is 380 g/mol. The van der Waals surface area contributed by atoms with E-state index in [1.807, 2.05) is 4.90 Å². The summed E-state index contributed by atoms with van der Waals surface area (Å²) in [5.41, 5.74) is 4.96. The van der Waals surface area contributed by atoms with E-state index in [-0.39, 0.29) is 11.0 Å². The molecule has 1 saturated heterocycles. The number of rotatable bonds is 7. The molecule has 1 aromatic heterocycles. The van der Waals surface area contributed by atoms with Crippen LogP contribution in [-0.4, -0.2) is 61.6 Å². The molecule has 0 bridgehead atoms. The van der Waals surface area contributed by atoms with E-state index in [0.717, 1.165) is 0 Å². The van der Waals surface area contributed by atoms with Gasteiger partial charge >= 0.3 is 0 Å². The highest BCUT2D eigenvalue weighted by Crippen LogP contribution is 2.53. The van der Waals surface area contributed by atoms with E-state index in [0.29, 0.717) is 50.7 Å². The summed E-state index contributed by atoms with van der Waals surface area (Å²) in [6.45, 7) is 5.89. The van der Waals surface area contributed by atoms with Crippen molar-refractivity contribution in [2.75, 3.05) is 37.0 Å². The number of carbonyl (C=O) groups excluding carboxylic acids is 1. The minimum atomic E-state index is -3.80. The molecule has 10 heteroatoms. The van der Waals surface area contributed by atoms with Gasteiger partial charge in [0.05, 0.1) is 24.7 Å². The maximum Gasteiger partial charge on any atom is 0.236 e. The van der Waals surface area contributed by atoms with Crippen LogP contribution in [0, 0.1) is 0 Å². The number of primary amides is 1. The Morgan fingerprint density at radius 3 is 2.62 bits per heavy atom. The lowest BCUT2D eigenvalue weighted by Gasteiger charge is -2.29. The summed E-state index contributed by atoms with van der Waals surface area (Å²) >= 11 is 6.10. The minimum Gasteiger partial charge on any atom is -0.378 e. The molecule has 0 aromatic carbocycles. The number of aromatic nitrogens is 2. The number of halogens is 1. The summed E-state index contributed by atoms with van der Waals surface area (Å²) in [5, 5.41) is -1.35. The van der Waals surface area contributed by atoms with Gasteiger partial charge in [0.2, 0.25) is 11.2 Å². The largest absolute Gasteiger partial charge is 0.378 e. The average Bonchev–Trinajstić information content (AvgIpc) is 3.36. The maximum atomic E-state index is 12.6. The minimum absolute atomic E-state index is 0.0135. The second kappa shape index (κ2) is 7.13. The Labute approximate surface area is 157 Å². The molecule has 142 valence electrons. The summed E-state index contributed by atoms with van der Waals surface area (Å²) in [6, 6.07) is 1.71. The summed E-state index contributed by atoms with van der Waals surface area (Å²) in [4.78, 5) is 22.5. The van der Waals surface area contributed by atoms with Gasteiger partial charge in [-0.1, -0.05) is 6.08 Å². The molecule has 2 fully saturated rings. The zero-order chi connectivity index (χ0) is 18.9. The third kappa shape index (κ3) is 3.56. The number of amides is 1. The highest BCUT2D eigenvalue weighted by atomic mass is 35.5. The first kappa shape index (κ1) is 19.1. The molecule has 3 rings (SSSR count). The van der Waals surface area contributed by atoms with Crippen molar-refractivity contribution in [1.82, 2.24) is 9.97 Å². The number of hydrogen-bond donors (Lipinski definition) is 1. The zero-order valence-corrected chi connectivity index (χ0v) is 15.8. The number of carbonyl (C=O) groups is 1. The van der Waals surface area contributed by atoms with Crippen LogP contribution in [0.4, 0.5) is 5.82 Å². The van der Waals surface area contributed by atoms with Gasteiger partial charge in [-0.2, -0.15) is 0 Å². The first-order chi connectivity index (χ1) is 12.3. The van der Waals surface area contributed by atoms with E-state index in [9.17, 15) is 13.2 Å². The fraction of sp³-hybridized carbons (Fsp3) is 0.562. The molecule has 1 aliphatic carbocycles. The first-order valence-corrected chi connectivity index (χ1v) is 10.4. The lowest BCUT2D eigenvalue weighted by Crippen LogP contribution is -2.46. The standard InChI is InChI=1S/C16H21ClN4O4S/c1-2-9-26(23,24)13(14(18)22)16(3-4-16)11-10-12(20-15(17)19-11)21-5-7-25-8-6-21/h2,10,13H,1,3-9H2,(H2,18,22). The van der Waals surface area contributed by atoms with E-state index in [4.69, 9.17) is 22.1 Å². The van der Waals surface area contributed by atoms with Crippen molar-refractivity contribution in [3.05, 3.63) is 29.7 Å². The Hall–Kier alpha value is -1.71. The van der Waals surface area contributed by atoms with Crippen LogP contribution in [0.5, 0.6) is 0 Å². The molecule has 2 aliphatic rings. The number of sulfone groups is 1. The van der Waals surface area contributed by atoms with Crippen molar-refractivity contribution in [1.29, 1.82) is 0 Å². The Morgan fingerprint density at radius 2 is 2.08 bits per heavy atom. The van der Waals surface area contributed by atoms with Crippen molar-refractivity contribution in [2.24, 2.45) is 5.73 Å². The van der Waals surface area contributed by atoms with Crippen LogP contribution in [0.1, 0.15) is 18.5 Å². The lowest BCUT2D eigenvalue weighted by atomic mass is 9.96. The normalized spacial score (nSPS) is 20.4. The first-order valence-electron chi connectivity index (χ1n) is 8.30. The third-order valence-corrected chi connectivity index (χ3v) is 7.06. The second-order valence-electron chi connectivity index (χ2n) is 6.54. The highest BCUT2D eigenvalue weighted by Gasteiger charge is 2.59. The van der Waals surface area contributed by atoms with Crippen molar-refractivity contribution in [3.8, 4) is 0 Å². The number of ether oxygens (including phenoxy) is 1. The lowest BCUT2D eigenvalue weighted by molar-refractivity contribution is -0.118. The number of nitrogens with two attached hydrogens (primary N) is 1. The molecule has 1 unspecified atom stereocenters. The van der Waals surface area contributed by atoms with Crippen LogP contribution >= 0.6 is 11.6 Å². The summed E-state index contributed by atoms with van der Waals surface area (Å²) in [6.07, 6.45) is 2.24. The van der Waals surface area contributed by atoms with Crippen LogP contribution < -0.4 is 10.6 Å². The highest BCUT2D eigenvalue weighted by molar-refractivity contribution is 7.93. The molecular formula is C16H21ClN4O4S. The van der Waals surface area contributed by atoms with Crippen molar-refractivity contribution >= 4 is 33.2 Å². The predicted octanol–water partition coefficient (Wildman–Crippen LogP) is 0.453. The van der Waals surface area contributed by atoms with Gasteiger partial charge in [-0.3, -0.25) is 4.79 Å². The van der Waals surface area contributed by atoms with Gasteiger partial charge in [-0.05, 0) is 24.4 Å². The summed E-state index contributed by atoms with van der Waals surface area (Å²) in [7, 11) is -3.80. The number of morpholine rings is 1. The van der Waals surface area contributed by atoms with Gasteiger partial charge in [0.1, 0.15) is 5.82 Å². The fourth-order valence-corrected chi connectivity index (χ4v) is 5.55. The third-order valence-electron chi connectivity index (χ3n) is 4.79. The van der Waals surface area contributed by atoms with Gasteiger partial charge in [-0.25, -0.2) is 18.4 Å². The molecule has 1 atom stereocenters. The smallest absolute Gasteiger partial charge is 0.236 e. The van der Waals surface area contributed by atoms with Gasteiger partial charge in [0.15, 0.2) is 15.1 Å². The molecule has 26 heavy (non-hydrogen) atoms. The second-order valence-corrected chi connectivity index (χ2v) is 9.01. The van der Waals surface area contributed by atoms with E-state index >= 15 is 0 Å². The molecule has 1 amide bonds. The molecule has 8 nitrogen and oxygen atoms in total. The molecule has 2 heterocycles. The molecule has 1 saturated carbocycles. The van der Waals surface area contributed by atoms with Gasteiger partial charge in [0.25, 0.3) is 0 Å². The Balaban J connectivity index is 2.02. The van der Waals surface area contributed by atoms with Crippen molar-refractivity contribution < 1.29 is 17.9 Å². The quantitative estimate of drug-likeness (QED) is 0.521. The van der Waals surface area contributed by atoms with Gasteiger partial charge in [0, 0.05) is 24.6 Å². The fourth-order valence-electron chi connectivity index (χ4n) is 3.46. The number of nitrogens with zero attached hydrogens (tertiary/aromatic N) is 3. The Morgan fingerprint density at radius 1 is 1.42 bits per heavy atom. The average molecular weight is 401 g/mol. The molecule has 0 radical (unpaired) electrons. The van der Waals surface area contributed by atoms with Crippen LogP contribution in [0.25, 0.3) is 0 Å². The maximum absolute atomic E-state index is 12.6. The topological polar surface area (TPSA) is 115 Å². The van der Waals surface area contributed by atoms with Crippen LogP contribution in [-0.2, 0) is 24.8 Å². The van der Waals surface area contributed by atoms with Crippen molar-refractivity contribution in [3.63, 3.8) is 0 Å². The van der Waals surface area contributed by atoms with Gasteiger partial charge < -0.3 is 15.4 Å². The zero-order valence-electron chi connectivity index (χ0n) is 14.2.